The molecule has 168 valence electrons. The second kappa shape index (κ2) is 9.54. The van der Waals surface area contributed by atoms with E-state index in [4.69, 9.17) is 55.9 Å². The fraction of sp³-hybridized carbons (Fsp3) is 0.200. The number of anilines is 1. The number of carbonyl (C=O) groups excluding carboxylic acids is 4. The number of hydrogen-bond donors (Lipinski definition) is 1. The molecule has 3 amide bonds. The predicted molar refractivity (Wildman–Crippen MR) is 119 cm³/mol. The Morgan fingerprint density at radius 1 is 0.938 bits per heavy atom. The molecule has 0 unspecified atom stereocenters. The highest BCUT2D eigenvalue weighted by Gasteiger charge is 2.45. The van der Waals surface area contributed by atoms with E-state index in [0.29, 0.717) is 16.3 Å². The molecule has 12 heteroatoms. The predicted octanol–water partition coefficient (Wildman–Crippen LogP) is 4.48. The van der Waals surface area contributed by atoms with E-state index in [2.05, 4.69) is 5.32 Å². The van der Waals surface area contributed by atoms with E-state index < -0.39 is 36.3 Å². The van der Waals surface area contributed by atoms with Crippen molar-refractivity contribution in [3.8, 4) is 5.75 Å². The molecule has 2 aromatic rings. The van der Waals surface area contributed by atoms with Gasteiger partial charge in [0.25, 0.3) is 17.7 Å². The zero-order chi connectivity index (χ0) is 23.7. The summed E-state index contributed by atoms with van der Waals surface area (Å²) in [6.45, 7) is 0.619. The third-order valence-electron chi connectivity index (χ3n) is 4.58. The summed E-state index contributed by atoms with van der Waals surface area (Å²) >= 11 is 24.1. The first-order chi connectivity index (χ1) is 15.1. The van der Waals surface area contributed by atoms with E-state index >= 15 is 0 Å². The summed E-state index contributed by atoms with van der Waals surface area (Å²) < 4.78 is 9.98. The van der Waals surface area contributed by atoms with Gasteiger partial charge in [-0.05, 0) is 31.2 Å². The van der Waals surface area contributed by atoms with Crippen molar-refractivity contribution in [3.05, 3.63) is 55.5 Å². The van der Waals surface area contributed by atoms with E-state index in [1.54, 1.807) is 24.3 Å². The number of halogens is 4. The van der Waals surface area contributed by atoms with Crippen molar-refractivity contribution in [2.75, 3.05) is 19.0 Å². The molecule has 3 rings (SSSR count). The lowest BCUT2D eigenvalue weighted by Crippen LogP contribution is -2.44. The van der Waals surface area contributed by atoms with E-state index in [1.165, 1.54) is 14.0 Å². The second-order valence-electron chi connectivity index (χ2n) is 6.55. The number of benzene rings is 2. The van der Waals surface area contributed by atoms with Gasteiger partial charge in [-0.3, -0.25) is 19.3 Å². The summed E-state index contributed by atoms with van der Waals surface area (Å²) in [4.78, 5) is 50.7. The number of nitrogens with one attached hydrogen (secondary N) is 1. The Morgan fingerprint density at radius 3 is 1.91 bits per heavy atom. The summed E-state index contributed by atoms with van der Waals surface area (Å²) in [6, 6.07) is 5.11. The van der Waals surface area contributed by atoms with Crippen LogP contribution in [0.3, 0.4) is 0 Å². The van der Waals surface area contributed by atoms with Crippen molar-refractivity contribution in [1.29, 1.82) is 0 Å². The smallest absolute Gasteiger partial charge is 0.329 e. The lowest BCUT2D eigenvalue weighted by molar-refractivity contribution is -0.150. The minimum absolute atomic E-state index is 0.189. The topological polar surface area (TPSA) is 102 Å². The van der Waals surface area contributed by atoms with Crippen molar-refractivity contribution >= 4 is 75.8 Å². The molecule has 1 aliphatic heterocycles. The maximum absolute atomic E-state index is 12.8. The first-order valence-corrected chi connectivity index (χ1v) is 10.4. The molecule has 0 radical (unpaired) electrons. The van der Waals surface area contributed by atoms with Crippen LogP contribution < -0.4 is 10.1 Å². The summed E-state index contributed by atoms with van der Waals surface area (Å²) in [5, 5.41) is 1.65. The number of methoxy groups -OCH3 is 1. The average Bonchev–Trinajstić information content (AvgIpc) is 3.04. The van der Waals surface area contributed by atoms with E-state index in [-0.39, 0.29) is 31.2 Å². The molecule has 0 aliphatic carbocycles. The molecule has 0 saturated carbocycles. The monoisotopic (exact) mass is 518 g/mol. The number of fused-ring (bicyclic) bond motifs is 1. The minimum Gasteiger partial charge on any atom is -0.497 e. The third kappa shape index (κ3) is 4.36. The Balaban J connectivity index is 1.68. The molecule has 32 heavy (non-hydrogen) atoms. The lowest BCUT2D eigenvalue weighted by Gasteiger charge is -2.20. The standard InChI is InChI=1S/C20H14Cl4N2O6/c1-8(20(30)32-7-11(27)25-9-3-5-10(31-2)6-4-9)26-18(28)12-13(19(26)29)15(22)17(24)16(23)14(12)21/h3-6,8H,7H2,1-2H3,(H,25,27)/t8-/m1/s1. The Bertz CT molecular complexity index is 1090. The first kappa shape index (κ1) is 24.1. The van der Waals surface area contributed by atoms with Gasteiger partial charge in [-0.25, -0.2) is 4.79 Å². The van der Waals surface area contributed by atoms with Gasteiger partial charge in [-0.2, -0.15) is 0 Å². The maximum Gasteiger partial charge on any atom is 0.329 e. The SMILES string of the molecule is COc1ccc(NC(=O)COC(=O)[C@@H](C)N2C(=O)c3c(Cl)c(Cl)c(Cl)c(Cl)c3C2=O)cc1. The highest BCUT2D eigenvalue weighted by molar-refractivity contribution is 6.55. The molecule has 0 fully saturated rings. The Kier molecular flexibility index (Phi) is 7.19. The summed E-state index contributed by atoms with van der Waals surface area (Å²) in [7, 11) is 1.51. The molecule has 0 bridgehead atoms. The van der Waals surface area contributed by atoms with E-state index in [9.17, 15) is 19.2 Å². The molecule has 0 saturated heterocycles. The van der Waals surface area contributed by atoms with Crippen LogP contribution in [0.15, 0.2) is 24.3 Å². The molecule has 0 aromatic heterocycles. The van der Waals surface area contributed by atoms with Gasteiger partial charge >= 0.3 is 5.97 Å². The van der Waals surface area contributed by atoms with Crippen LogP contribution in [0.4, 0.5) is 5.69 Å². The van der Waals surface area contributed by atoms with Crippen molar-refractivity contribution in [3.63, 3.8) is 0 Å². The van der Waals surface area contributed by atoms with Crippen LogP contribution >= 0.6 is 46.4 Å². The Morgan fingerprint density at radius 2 is 1.44 bits per heavy atom. The first-order valence-electron chi connectivity index (χ1n) is 8.92. The van der Waals surface area contributed by atoms with Gasteiger partial charge in [-0.1, -0.05) is 46.4 Å². The molecule has 0 spiro atoms. The molecule has 2 aromatic carbocycles. The number of esters is 1. The largest absolute Gasteiger partial charge is 0.497 e. The van der Waals surface area contributed by atoms with Crippen molar-refractivity contribution in [2.24, 2.45) is 0 Å². The number of rotatable bonds is 6. The van der Waals surface area contributed by atoms with Crippen LogP contribution in [0.5, 0.6) is 5.75 Å². The fourth-order valence-electron chi connectivity index (χ4n) is 2.95. The fourth-order valence-corrected chi connectivity index (χ4v) is 3.97. The van der Waals surface area contributed by atoms with Crippen LogP contribution in [-0.2, 0) is 14.3 Å². The highest BCUT2D eigenvalue weighted by Crippen LogP contribution is 2.45. The number of ether oxygens (including phenoxy) is 2. The number of nitrogens with zero attached hydrogens (tertiary/aromatic N) is 1. The van der Waals surface area contributed by atoms with E-state index in [0.717, 1.165) is 0 Å². The number of carbonyl (C=O) groups is 4. The van der Waals surface area contributed by atoms with E-state index in [1.807, 2.05) is 0 Å². The molecule has 8 nitrogen and oxygen atoms in total. The van der Waals surface area contributed by atoms with Gasteiger partial charge in [0.15, 0.2) is 6.61 Å². The van der Waals surface area contributed by atoms with Crippen LogP contribution in [-0.4, -0.2) is 48.3 Å². The van der Waals surface area contributed by atoms with Crippen LogP contribution in [0.2, 0.25) is 20.1 Å². The molecule has 1 N–H and O–H groups in total. The Hall–Kier alpha value is -2.52. The normalized spacial score (nSPS) is 13.6. The average molecular weight is 520 g/mol. The van der Waals surface area contributed by atoms with Gasteiger partial charge in [0.2, 0.25) is 0 Å². The second-order valence-corrected chi connectivity index (χ2v) is 8.06. The molecule has 1 heterocycles. The molecule has 1 aliphatic rings. The number of imide groups is 1. The van der Waals surface area contributed by atoms with Gasteiger partial charge in [0, 0.05) is 5.69 Å². The van der Waals surface area contributed by atoms with Gasteiger partial charge in [-0.15, -0.1) is 0 Å². The summed E-state index contributed by atoms with van der Waals surface area (Å²) in [5.41, 5.74) is -0.0563. The minimum atomic E-state index is -1.37. The molecule has 1 atom stereocenters. The van der Waals surface area contributed by atoms with Gasteiger partial charge in [0.05, 0.1) is 38.3 Å². The Labute approximate surface area is 202 Å². The van der Waals surface area contributed by atoms with Crippen LogP contribution in [0.1, 0.15) is 27.6 Å². The quantitative estimate of drug-likeness (QED) is 0.261. The zero-order valence-electron chi connectivity index (χ0n) is 16.5. The summed E-state index contributed by atoms with van der Waals surface area (Å²) in [5.74, 6) is -2.78. The van der Waals surface area contributed by atoms with Crippen LogP contribution in [0.25, 0.3) is 0 Å². The summed E-state index contributed by atoms with van der Waals surface area (Å²) in [6.07, 6.45) is 0. The molecular weight excluding hydrogens is 506 g/mol. The van der Waals surface area contributed by atoms with Gasteiger partial charge in [0.1, 0.15) is 11.8 Å². The third-order valence-corrected chi connectivity index (χ3v) is 6.38. The lowest BCUT2D eigenvalue weighted by atomic mass is 10.1. The van der Waals surface area contributed by atoms with Crippen LogP contribution in [0, 0.1) is 0 Å². The maximum atomic E-state index is 12.8. The van der Waals surface area contributed by atoms with Crippen molar-refractivity contribution < 1.29 is 28.7 Å². The van der Waals surface area contributed by atoms with Crippen molar-refractivity contribution in [2.45, 2.75) is 13.0 Å². The van der Waals surface area contributed by atoms with Gasteiger partial charge < -0.3 is 14.8 Å². The number of amides is 3. The highest BCUT2D eigenvalue weighted by atomic mass is 35.5. The van der Waals surface area contributed by atoms with Crippen molar-refractivity contribution in [1.82, 2.24) is 4.90 Å². The molecular formula is C20H14Cl4N2O6. The zero-order valence-corrected chi connectivity index (χ0v) is 19.5. The number of hydrogen-bond acceptors (Lipinski definition) is 6.